The molecule has 0 fully saturated rings. The molecule has 0 heterocycles. The zero-order chi connectivity index (χ0) is 15.4. The van der Waals surface area contributed by atoms with Crippen LogP contribution >= 0.6 is 0 Å². The number of hydrogen-bond donors (Lipinski definition) is 2. The van der Waals surface area contributed by atoms with E-state index in [2.05, 4.69) is 10.6 Å². The molecule has 0 aliphatic carbocycles. The smallest absolute Gasteiger partial charge is 0.239 e. The standard InChI is InChI=1S/C16H24N2O2/c1-15(2,3)18-13(19)11-17-14(20)16(4,5)12-9-7-6-8-10-12/h6-10H,11H2,1-5H3,(H,17,20)(H,18,19). The predicted octanol–water partition coefficient (Wildman–Crippen LogP) is 2.00. The zero-order valence-corrected chi connectivity index (χ0v) is 12.9. The van der Waals surface area contributed by atoms with Crippen LogP contribution in [0.15, 0.2) is 30.3 Å². The number of carbonyl (C=O) groups is 2. The van der Waals surface area contributed by atoms with Gasteiger partial charge in [-0.05, 0) is 40.2 Å². The molecule has 1 rings (SSSR count). The first-order valence-electron chi connectivity index (χ1n) is 6.78. The van der Waals surface area contributed by atoms with Gasteiger partial charge in [-0.2, -0.15) is 0 Å². The first-order valence-corrected chi connectivity index (χ1v) is 6.78. The Labute approximate surface area is 121 Å². The van der Waals surface area contributed by atoms with Crippen LogP contribution in [0.1, 0.15) is 40.2 Å². The molecule has 0 aliphatic rings. The molecule has 2 amide bonds. The van der Waals surface area contributed by atoms with Gasteiger partial charge in [-0.25, -0.2) is 0 Å². The van der Waals surface area contributed by atoms with E-state index in [0.717, 1.165) is 5.56 Å². The lowest BCUT2D eigenvalue weighted by Gasteiger charge is -2.25. The van der Waals surface area contributed by atoms with Crippen LogP contribution in [0.3, 0.4) is 0 Å². The average molecular weight is 276 g/mol. The summed E-state index contributed by atoms with van der Waals surface area (Å²) in [4.78, 5) is 23.9. The fourth-order valence-electron chi connectivity index (χ4n) is 1.83. The second-order valence-corrected chi connectivity index (χ2v) is 6.47. The van der Waals surface area contributed by atoms with Gasteiger partial charge in [-0.15, -0.1) is 0 Å². The molecule has 0 atom stereocenters. The Morgan fingerprint density at radius 3 is 2.05 bits per heavy atom. The lowest BCUT2D eigenvalue weighted by molar-refractivity contribution is -0.129. The molecule has 0 radical (unpaired) electrons. The van der Waals surface area contributed by atoms with Crippen molar-refractivity contribution in [3.05, 3.63) is 35.9 Å². The maximum absolute atomic E-state index is 12.2. The quantitative estimate of drug-likeness (QED) is 0.883. The van der Waals surface area contributed by atoms with Gasteiger partial charge in [-0.1, -0.05) is 30.3 Å². The summed E-state index contributed by atoms with van der Waals surface area (Å²) in [5.41, 5.74) is -0.0336. The van der Waals surface area contributed by atoms with Gasteiger partial charge < -0.3 is 10.6 Å². The maximum atomic E-state index is 12.2. The average Bonchev–Trinajstić information content (AvgIpc) is 2.35. The summed E-state index contributed by atoms with van der Waals surface area (Å²) in [6.07, 6.45) is 0. The molecule has 4 nitrogen and oxygen atoms in total. The molecule has 4 heteroatoms. The first kappa shape index (κ1) is 16.2. The molecule has 0 saturated carbocycles. The van der Waals surface area contributed by atoms with Crippen LogP contribution < -0.4 is 10.6 Å². The molecular formula is C16H24N2O2. The highest BCUT2D eigenvalue weighted by molar-refractivity contribution is 5.91. The van der Waals surface area contributed by atoms with Gasteiger partial charge in [0.05, 0.1) is 12.0 Å². The van der Waals surface area contributed by atoms with Crippen molar-refractivity contribution >= 4 is 11.8 Å². The minimum atomic E-state index is -0.663. The van der Waals surface area contributed by atoms with Crippen molar-refractivity contribution in [2.24, 2.45) is 0 Å². The second-order valence-electron chi connectivity index (χ2n) is 6.47. The summed E-state index contributed by atoms with van der Waals surface area (Å²) in [5.74, 6) is -0.345. The van der Waals surface area contributed by atoms with Crippen molar-refractivity contribution in [2.75, 3.05) is 6.54 Å². The number of amides is 2. The number of rotatable bonds is 4. The van der Waals surface area contributed by atoms with Crippen molar-refractivity contribution in [3.8, 4) is 0 Å². The molecule has 20 heavy (non-hydrogen) atoms. The monoisotopic (exact) mass is 276 g/mol. The third-order valence-corrected chi connectivity index (χ3v) is 2.99. The Bertz CT molecular complexity index is 473. The number of benzene rings is 1. The molecule has 1 aromatic carbocycles. The van der Waals surface area contributed by atoms with E-state index in [4.69, 9.17) is 0 Å². The lowest BCUT2D eigenvalue weighted by atomic mass is 9.84. The van der Waals surface area contributed by atoms with E-state index in [1.807, 2.05) is 65.0 Å². The summed E-state index contributed by atoms with van der Waals surface area (Å²) in [7, 11) is 0. The minimum Gasteiger partial charge on any atom is -0.350 e. The lowest BCUT2D eigenvalue weighted by Crippen LogP contribution is -2.48. The molecular weight excluding hydrogens is 252 g/mol. The van der Waals surface area contributed by atoms with Crippen LogP contribution in [0.5, 0.6) is 0 Å². The topological polar surface area (TPSA) is 58.2 Å². The van der Waals surface area contributed by atoms with Gasteiger partial charge in [0.15, 0.2) is 0 Å². The molecule has 0 unspecified atom stereocenters. The van der Waals surface area contributed by atoms with E-state index in [1.54, 1.807) is 0 Å². The Hall–Kier alpha value is -1.84. The van der Waals surface area contributed by atoms with Crippen molar-refractivity contribution in [3.63, 3.8) is 0 Å². The molecule has 1 aromatic rings. The van der Waals surface area contributed by atoms with Gasteiger partial charge >= 0.3 is 0 Å². The van der Waals surface area contributed by atoms with Gasteiger partial charge in [0, 0.05) is 5.54 Å². The van der Waals surface area contributed by atoms with Gasteiger partial charge in [0.2, 0.25) is 11.8 Å². The normalized spacial score (nSPS) is 11.8. The number of hydrogen-bond acceptors (Lipinski definition) is 2. The molecule has 0 saturated heterocycles. The molecule has 0 aliphatic heterocycles. The van der Waals surface area contributed by atoms with Crippen LogP contribution in [0, 0.1) is 0 Å². The molecule has 110 valence electrons. The largest absolute Gasteiger partial charge is 0.350 e. The van der Waals surface area contributed by atoms with Crippen LogP contribution in [-0.4, -0.2) is 23.9 Å². The third-order valence-electron chi connectivity index (χ3n) is 2.99. The minimum absolute atomic E-state index is 0.00757. The summed E-state index contributed by atoms with van der Waals surface area (Å²) >= 11 is 0. The van der Waals surface area contributed by atoms with Crippen LogP contribution in [0.2, 0.25) is 0 Å². The highest BCUT2D eigenvalue weighted by Crippen LogP contribution is 2.22. The zero-order valence-electron chi connectivity index (χ0n) is 12.9. The van der Waals surface area contributed by atoms with E-state index in [-0.39, 0.29) is 23.9 Å². The fourth-order valence-corrected chi connectivity index (χ4v) is 1.83. The van der Waals surface area contributed by atoms with E-state index >= 15 is 0 Å². The molecule has 2 N–H and O–H groups in total. The summed E-state index contributed by atoms with van der Waals surface area (Å²) in [6.45, 7) is 9.40. The van der Waals surface area contributed by atoms with Gasteiger partial charge in [-0.3, -0.25) is 9.59 Å². The van der Waals surface area contributed by atoms with Crippen molar-refractivity contribution in [1.82, 2.24) is 10.6 Å². The van der Waals surface area contributed by atoms with Crippen LogP contribution in [-0.2, 0) is 15.0 Å². The Morgan fingerprint density at radius 1 is 1.00 bits per heavy atom. The summed E-state index contributed by atoms with van der Waals surface area (Å²) in [5, 5.41) is 5.50. The number of carbonyl (C=O) groups excluding carboxylic acids is 2. The molecule has 0 bridgehead atoms. The van der Waals surface area contributed by atoms with Crippen molar-refractivity contribution in [1.29, 1.82) is 0 Å². The highest BCUT2D eigenvalue weighted by Gasteiger charge is 2.29. The Morgan fingerprint density at radius 2 is 1.55 bits per heavy atom. The summed E-state index contributed by atoms with van der Waals surface area (Å²) < 4.78 is 0. The van der Waals surface area contributed by atoms with Crippen LogP contribution in [0.4, 0.5) is 0 Å². The Kier molecular flexibility index (Phi) is 4.93. The highest BCUT2D eigenvalue weighted by atomic mass is 16.2. The fraction of sp³-hybridized carbons (Fsp3) is 0.500. The van der Waals surface area contributed by atoms with E-state index in [0.29, 0.717) is 0 Å². The Balaban J connectivity index is 2.61. The summed E-state index contributed by atoms with van der Waals surface area (Å²) in [6, 6.07) is 9.53. The molecule has 0 aromatic heterocycles. The second kappa shape index (κ2) is 6.07. The molecule has 0 spiro atoms. The maximum Gasteiger partial charge on any atom is 0.239 e. The van der Waals surface area contributed by atoms with Crippen molar-refractivity contribution in [2.45, 2.75) is 45.6 Å². The predicted molar refractivity (Wildman–Crippen MR) is 80.4 cm³/mol. The van der Waals surface area contributed by atoms with E-state index < -0.39 is 5.41 Å². The van der Waals surface area contributed by atoms with Gasteiger partial charge in [0.25, 0.3) is 0 Å². The third kappa shape index (κ3) is 4.68. The van der Waals surface area contributed by atoms with Gasteiger partial charge in [0.1, 0.15) is 0 Å². The number of nitrogens with one attached hydrogen (secondary N) is 2. The first-order chi connectivity index (χ1) is 9.13. The van der Waals surface area contributed by atoms with E-state index in [1.165, 1.54) is 0 Å². The van der Waals surface area contributed by atoms with Crippen molar-refractivity contribution < 1.29 is 9.59 Å². The SMILES string of the molecule is CC(C)(C)NC(=O)CNC(=O)C(C)(C)c1ccccc1. The van der Waals surface area contributed by atoms with Crippen LogP contribution in [0.25, 0.3) is 0 Å². The van der Waals surface area contributed by atoms with E-state index in [9.17, 15) is 9.59 Å².